The Kier molecular flexibility index (Phi) is 3.47. The second-order valence-electron chi connectivity index (χ2n) is 5.39. The van der Waals surface area contributed by atoms with Gasteiger partial charge in [0.05, 0.1) is 18.2 Å². The van der Waals surface area contributed by atoms with Crippen molar-refractivity contribution in [1.29, 1.82) is 5.26 Å². The van der Waals surface area contributed by atoms with Crippen molar-refractivity contribution in [2.75, 3.05) is 0 Å². The van der Waals surface area contributed by atoms with Crippen LogP contribution in [0.15, 0.2) is 35.4 Å². The van der Waals surface area contributed by atoms with Crippen LogP contribution in [0.4, 0.5) is 0 Å². The largest absolute Gasteiger partial charge is 0.278 e. The molecule has 0 bridgehead atoms. The zero-order valence-electron chi connectivity index (χ0n) is 12.4. The number of benzene rings is 1. The normalized spacial score (nSPS) is 11.0. The Morgan fingerprint density at radius 1 is 1.45 bits per heavy atom. The van der Waals surface area contributed by atoms with Gasteiger partial charge in [0.25, 0.3) is 11.3 Å². The van der Waals surface area contributed by atoms with Gasteiger partial charge in [-0.2, -0.15) is 9.78 Å². The van der Waals surface area contributed by atoms with Gasteiger partial charge in [0, 0.05) is 12.6 Å². The first-order valence-corrected chi connectivity index (χ1v) is 7.04. The van der Waals surface area contributed by atoms with Crippen molar-refractivity contribution in [1.82, 2.24) is 19.6 Å². The molecule has 0 aliphatic heterocycles. The average Bonchev–Trinajstić information content (AvgIpc) is 2.96. The summed E-state index contributed by atoms with van der Waals surface area (Å²) >= 11 is 0. The Morgan fingerprint density at radius 2 is 2.27 bits per heavy atom. The van der Waals surface area contributed by atoms with Gasteiger partial charge in [-0.05, 0) is 17.5 Å². The average molecular weight is 295 g/mol. The molecule has 0 atom stereocenters. The molecule has 0 saturated heterocycles. The summed E-state index contributed by atoms with van der Waals surface area (Å²) in [6.07, 6.45) is 1.78. The number of fused-ring (bicyclic) bond motifs is 1. The third kappa shape index (κ3) is 2.27. The molecule has 112 valence electrons. The monoisotopic (exact) mass is 295 g/mol. The minimum atomic E-state index is -0.141. The highest BCUT2D eigenvalue weighted by Gasteiger charge is 2.18. The zero-order valence-corrected chi connectivity index (χ0v) is 12.4. The molecule has 3 rings (SSSR count). The minimum absolute atomic E-state index is 0. The van der Waals surface area contributed by atoms with E-state index in [1.165, 1.54) is 10.8 Å². The number of H-pyrrole nitrogens is 1. The van der Waals surface area contributed by atoms with Crippen LogP contribution in [-0.2, 0) is 6.42 Å². The van der Waals surface area contributed by atoms with E-state index in [-0.39, 0.29) is 12.9 Å². The van der Waals surface area contributed by atoms with Crippen LogP contribution >= 0.6 is 0 Å². The van der Waals surface area contributed by atoms with Crippen molar-refractivity contribution < 1.29 is 1.43 Å². The van der Waals surface area contributed by atoms with E-state index in [1.807, 2.05) is 38.1 Å². The first-order chi connectivity index (χ1) is 10.6. The Bertz CT molecular complexity index is 936. The summed E-state index contributed by atoms with van der Waals surface area (Å²) in [5.74, 6) is 0.366. The molecule has 2 aromatic heterocycles. The highest BCUT2D eigenvalue weighted by molar-refractivity contribution is 5.66. The van der Waals surface area contributed by atoms with Crippen LogP contribution in [0, 0.1) is 11.3 Å². The maximum absolute atomic E-state index is 12.6. The van der Waals surface area contributed by atoms with Crippen molar-refractivity contribution in [2.45, 2.75) is 26.2 Å². The summed E-state index contributed by atoms with van der Waals surface area (Å²) in [6.45, 7) is 3.92. The molecule has 0 radical (unpaired) electrons. The highest BCUT2D eigenvalue weighted by Crippen LogP contribution is 2.26. The van der Waals surface area contributed by atoms with E-state index in [1.54, 1.807) is 0 Å². The molecule has 3 aromatic rings. The Balaban J connectivity index is 0.00000192. The minimum Gasteiger partial charge on any atom is -0.278 e. The molecule has 2 heterocycles. The predicted octanol–water partition coefficient (Wildman–Crippen LogP) is 2.52. The molecule has 0 spiro atoms. The van der Waals surface area contributed by atoms with Gasteiger partial charge in [-0.3, -0.25) is 9.89 Å². The standard InChI is InChI=1S/C16H15N5O.H2/c1-10(2)13-14(12-5-3-4-11(8-12)6-7-17)20-16-18-9-19-21(16)15(13)22;/h3-5,8-10H,6H2,1-2H3,(H,18,19,20);1H. The van der Waals surface area contributed by atoms with Crippen LogP contribution < -0.4 is 5.56 Å². The summed E-state index contributed by atoms with van der Waals surface area (Å²) in [4.78, 5) is 21.2. The van der Waals surface area contributed by atoms with Gasteiger partial charge >= 0.3 is 0 Å². The summed E-state index contributed by atoms with van der Waals surface area (Å²) in [5.41, 5.74) is 2.86. The molecule has 0 amide bonds. The van der Waals surface area contributed by atoms with E-state index in [4.69, 9.17) is 5.26 Å². The van der Waals surface area contributed by atoms with Crippen LogP contribution in [0.1, 0.15) is 32.3 Å². The lowest BCUT2D eigenvalue weighted by atomic mass is 9.97. The maximum Gasteiger partial charge on any atom is 0.278 e. The van der Waals surface area contributed by atoms with Gasteiger partial charge in [0.1, 0.15) is 6.33 Å². The van der Waals surface area contributed by atoms with Gasteiger partial charge < -0.3 is 0 Å². The van der Waals surface area contributed by atoms with Crippen LogP contribution in [0.25, 0.3) is 17.0 Å². The molecule has 0 saturated carbocycles. The van der Waals surface area contributed by atoms with E-state index >= 15 is 0 Å². The summed E-state index contributed by atoms with van der Waals surface area (Å²) in [5, 5.41) is 11.6. The van der Waals surface area contributed by atoms with E-state index in [9.17, 15) is 4.79 Å². The van der Waals surface area contributed by atoms with Crippen molar-refractivity contribution in [3.05, 3.63) is 52.1 Å². The quantitative estimate of drug-likeness (QED) is 0.804. The second kappa shape index (κ2) is 5.45. The number of nitrogens with one attached hydrogen (secondary N) is 1. The van der Waals surface area contributed by atoms with Crippen molar-refractivity contribution in [3.8, 4) is 17.3 Å². The van der Waals surface area contributed by atoms with Crippen LogP contribution in [0.3, 0.4) is 0 Å². The zero-order chi connectivity index (χ0) is 15.7. The summed E-state index contributed by atoms with van der Waals surface area (Å²) < 4.78 is 1.35. The van der Waals surface area contributed by atoms with Gasteiger partial charge in [-0.1, -0.05) is 32.0 Å². The van der Waals surface area contributed by atoms with Crippen molar-refractivity contribution in [3.63, 3.8) is 0 Å². The lowest BCUT2D eigenvalue weighted by molar-refractivity contribution is 0.797. The van der Waals surface area contributed by atoms with Crippen molar-refractivity contribution in [2.24, 2.45) is 0 Å². The van der Waals surface area contributed by atoms with Crippen LogP contribution in [-0.4, -0.2) is 19.6 Å². The molecule has 6 nitrogen and oxygen atoms in total. The SMILES string of the molecule is CC(C)c1c(-c2cccc(CC#N)c2)nc2nc[nH]n2c1=O.[HH]. The summed E-state index contributed by atoms with van der Waals surface area (Å²) in [7, 11) is 0. The van der Waals surface area contributed by atoms with E-state index < -0.39 is 0 Å². The Hall–Kier alpha value is -2.94. The first kappa shape index (κ1) is 14.0. The molecular weight excluding hydrogens is 278 g/mol. The topological polar surface area (TPSA) is 86.8 Å². The Labute approximate surface area is 128 Å². The van der Waals surface area contributed by atoms with E-state index in [0.717, 1.165) is 11.1 Å². The lowest BCUT2D eigenvalue weighted by Gasteiger charge is -2.12. The number of nitriles is 1. The van der Waals surface area contributed by atoms with Crippen LogP contribution in [0.5, 0.6) is 0 Å². The first-order valence-electron chi connectivity index (χ1n) is 7.04. The maximum atomic E-state index is 12.6. The number of aromatic amines is 1. The van der Waals surface area contributed by atoms with Gasteiger partial charge in [-0.15, -0.1) is 0 Å². The molecular formula is C16H17N5O. The van der Waals surface area contributed by atoms with Crippen molar-refractivity contribution >= 4 is 5.78 Å². The number of nitrogens with zero attached hydrogens (tertiary/aromatic N) is 4. The van der Waals surface area contributed by atoms with Gasteiger partial charge in [0.2, 0.25) is 0 Å². The number of hydrogen-bond donors (Lipinski definition) is 1. The van der Waals surface area contributed by atoms with Crippen LogP contribution in [0.2, 0.25) is 0 Å². The fourth-order valence-corrected chi connectivity index (χ4v) is 2.53. The molecule has 1 N–H and O–H groups in total. The third-order valence-corrected chi connectivity index (χ3v) is 3.53. The number of rotatable bonds is 3. The van der Waals surface area contributed by atoms with Gasteiger partial charge in [-0.25, -0.2) is 9.97 Å². The van der Waals surface area contributed by atoms with Gasteiger partial charge in [0.15, 0.2) is 0 Å². The molecule has 0 aliphatic carbocycles. The predicted molar refractivity (Wildman–Crippen MR) is 84.6 cm³/mol. The molecule has 0 aliphatic rings. The third-order valence-electron chi connectivity index (χ3n) is 3.53. The van der Waals surface area contributed by atoms with E-state index in [2.05, 4.69) is 21.1 Å². The Morgan fingerprint density at radius 3 is 3.00 bits per heavy atom. The summed E-state index contributed by atoms with van der Waals surface area (Å²) in [6, 6.07) is 9.70. The molecule has 0 unspecified atom stereocenters. The molecule has 1 aromatic carbocycles. The molecule has 0 fully saturated rings. The second-order valence-corrected chi connectivity index (χ2v) is 5.39. The fraction of sp³-hybridized carbons (Fsp3) is 0.250. The fourth-order valence-electron chi connectivity index (χ4n) is 2.53. The molecule has 22 heavy (non-hydrogen) atoms. The highest BCUT2D eigenvalue weighted by atomic mass is 16.1. The molecule has 6 heteroatoms. The smallest absolute Gasteiger partial charge is 0.278 e. The van der Waals surface area contributed by atoms with E-state index in [0.29, 0.717) is 23.5 Å². The number of hydrogen-bond acceptors (Lipinski definition) is 4. The number of aromatic nitrogens is 4. The lowest BCUT2D eigenvalue weighted by Crippen LogP contribution is -2.22.